The lowest BCUT2D eigenvalue weighted by molar-refractivity contribution is -0.136. The van der Waals surface area contributed by atoms with Crippen molar-refractivity contribution in [1.82, 2.24) is 34.9 Å². The van der Waals surface area contributed by atoms with Crippen LogP contribution < -0.4 is 24.6 Å². The van der Waals surface area contributed by atoms with E-state index in [2.05, 4.69) is 42.2 Å². The van der Waals surface area contributed by atoms with Crippen molar-refractivity contribution in [3.05, 3.63) is 94.7 Å². The molecule has 67 heavy (non-hydrogen) atoms. The largest absolute Gasteiger partial charge is 0.492 e. The molecular weight excluding hydrogens is 877 g/mol. The fraction of sp³-hybridized carbons (Fsp3) is 0.396. The molecule has 5 aliphatic heterocycles. The monoisotopic (exact) mass is 928 g/mol. The predicted molar refractivity (Wildman–Crippen MR) is 250 cm³/mol. The summed E-state index contributed by atoms with van der Waals surface area (Å²) in [4.78, 5) is 83.3. The summed E-state index contributed by atoms with van der Waals surface area (Å²) in [6, 6.07) is 16.8. The molecule has 3 saturated heterocycles. The van der Waals surface area contributed by atoms with Gasteiger partial charge in [0, 0.05) is 95.0 Å². The first-order chi connectivity index (χ1) is 32.3. The van der Waals surface area contributed by atoms with Gasteiger partial charge < -0.3 is 24.8 Å². The molecule has 0 spiro atoms. The molecule has 1 atom stereocenters. The molecule has 4 aromatic rings. The third-order valence-corrected chi connectivity index (χ3v) is 14.1. The Morgan fingerprint density at radius 3 is 2.42 bits per heavy atom. The van der Waals surface area contributed by atoms with Gasteiger partial charge in [0.25, 0.3) is 17.7 Å². The van der Waals surface area contributed by atoms with Crippen molar-refractivity contribution in [3.63, 3.8) is 0 Å². The van der Waals surface area contributed by atoms with Crippen molar-refractivity contribution >= 4 is 68.4 Å². The highest BCUT2D eigenvalue weighted by Gasteiger charge is 2.40. The number of nitrogens with one attached hydrogen (secondary N) is 2. The fourth-order valence-corrected chi connectivity index (χ4v) is 10.5. The first-order valence-corrected chi connectivity index (χ1v) is 24.4. The molecule has 5 amide bonds. The number of carbonyl (C=O) groups excluding carboxylic acids is 5. The number of anilines is 5. The highest BCUT2D eigenvalue weighted by atomic mass is 32.2. The Morgan fingerprint density at radius 2 is 1.67 bits per heavy atom. The fourth-order valence-electron chi connectivity index (χ4n) is 9.58. The van der Waals surface area contributed by atoms with Crippen LogP contribution in [-0.4, -0.2) is 145 Å². The van der Waals surface area contributed by atoms with E-state index in [1.54, 1.807) is 60.5 Å². The Balaban J connectivity index is 0.774. The van der Waals surface area contributed by atoms with Crippen LogP contribution in [0, 0.1) is 11.8 Å². The predicted octanol–water partition coefficient (Wildman–Crippen LogP) is 3.73. The average molecular weight is 929 g/mol. The second-order valence-corrected chi connectivity index (χ2v) is 19.1. The number of hydrogen-bond donors (Lipinski definition) is 2. The first-order valence-electron chi connectivity index (χ1n) is 22.6. The van der Waals surface area contributed by atoms with Crippen LogP contribution in [0.15, 0.2) is 66.9 Å². The normalized spacial score (nSPS) is 19.2. The minimum Gasteiger partial charge on any atom is -0.492 e. The number of amides is 5. The van der Waals surface area contributed by atoms with Crippen LogP contribution in [0.3, 0.4) is 0 Å². The topological polar surface area (TPSA) is 198 Å². The van der Waals surface area contributed by atoms with Crippen molar-refractivity contribution in [2.24, 2.45) is 0 Å². The van der Waals surface area contributed by atoms with Crippen LogP contribution in [0.25, 0.3) is 0 Å². The van der Waals surface area contributed by atoms with Gasteiger partial charge in [0.2, 0.25) is 27.8 Å². The summed E-state index contributed by atoms with van der Waals surface area (Å²) in [6.07, 6.45) is 5.40. The third-order valence-electron chi connectivity index (χ3n) is 13.1. The van der Waals surface area contributed by atoms with E-state index in [0.29, 0.717) is 67.7 Å². The van der Waals surface area contributed by atoms with Gasteiger partial charge in [0.15, 0.2) is 5.82 Å². The lowest BCUT2D eigenvalue weighted by Crippen LogP contribution is -2.53. The van der Waals surface area contributed by atoms with Crippen molar-refractivity contribution < 1.29 is 37.1 Å². The number of fused-ring (bicyclic) bond motifs is 3. The summed E-state index contributed by atoms with van der Waals surface area (Å²) in [5.74, 6) is 5.64. The van der Waals surface area contributed by atoms with E-state index in [-0.39, 0.29) is 52.8 Å². The number of rotatable bonds is 10. The zero-order chi connectivity index (χ0) is 47.0. The summed E-state index contributed by atoms with van der Waals surface area (Å²) in [6.45, 7) is 8.27. The number of imide groups is 1. The molecular formula is C48H52N10O8S. The van der Waals surface area contributed by atoms with Crippen LogP contribution in [0.1, 0.15) is 81.2 Å². The first kappa shape index (κ1) is 45.3. The zero-order valence-corrected chi connectivity index (χ0v) is 38.5. The van der Waals surface area contributed by atoms with Gasteiger partial charge in [-0.05, 0) is 74.2 Å². The SMILES string of the molecule is CCOc1cc(C(=O)N2CCC(N3CCN(CCC#Cc4cccc5c4CN(C4CCC(=O)NC4=O)C5=O)CC3)CC2)ccc1Nc1ncc2c(n1)N(S(C)(=O)=O)c1ccccc1C(=O)N2C. The number of hydrogen-bond acceptors (Lipinski definition) is 13. The molecule has 0 saturated carbocycles. The molecule has 1 unspecified atom stereocenters. The quantitative estimate of drug-likeness (QED) is 0.173. The number of piperidine rings is 2. The van der Waals surface area contributed by atoms with Gasteiger partial charge in [0.05, 0.1) is 36.0 Å². The second kappa shape index (κ2) is 18.8. The molecule has 0 aliphatic carbocycles. The summed E-state index contributed by atoms with van der Waals surface area (Å²) >= 11 is 0. The minimum atomic E-state index is -3.95. The third kappa shape index (κ3) is 9.16. The molecule has 18 nitrogen and oxygen atoms in total. The maximum absolute atomic E-state index is 13.9. The van der Waals surface area contributed by atoms with Gasteiger partial charge >= 0.3 is 0 Å². The molecule has 2 N–H and O–H groups in total. The Labute approximate surface area is 389 Å². The molecule has 1 aromatic heterocycles. The molecule has 5 aliphatic rings. The summed E-state index contributed by atoms with van der Waals surface area (Å²) < 4.78 is 33.5. The van der Waals surface area contributed by atoms with Crippen molar-refractivity contribution in [3.8, 4) is 17.6 Å². The van der Waals surface area contributed by atoms with Gasteiger partial charge in [-0.3, -0.25) is 39.1 Å². The van der Waals surface area contributed by atoms with Crippen molar-refractivity contribution in [2.75, 3.05) is 80.2 Å². The number of ether oxygens (including phenoxy) is 1. The lowest BCUT2D eigenvalue weighted by Gasteiger charge is -2.42. The number of para-hydroxylation sites is 1. The summed E-state index contributed by atoms with van der Waals surface area (Å²) in [5, 5.41) is 5.49. The molecule has 9 rings (SSSR count). The van der Waals surface area contributed by atoms with Gasteiger partial charge in [-0.2, -0.15) is 4.98 Å². The van der Waals surface area contributed by atoms with E-state index in [9.17, 15) is 32.4 Å². The highest BCUT2D eigenvalue weighted by molar-refractivity contribution is 7.92. The number of benzene rings is 3. The number of likely N-dealkylation sites (tertiary alicyclic amines) is 1. The molecule has 3 fully saturated rings. The summed E-state index contributed by atoms with van der Waals surface area (Å²) in [5.41, 5.74) is 3.74. The smallest absolute Gasteiger partial charge is 0.260 e. The van der Waals surface area contributed by atoms with Gasteiger partial charge in [-0.15, -0.1) is 0 Å². The summed E-state index contributed by atoms with van der Waals surface area (Å²) in [7, 11) is -2.40. The number of piperazine rings is 1. The average Bonchev–Trinajstić information content (AvgIpc) is 3.62. The highest BCUT2D eigenvalue weighted by Crippen LogP contribution is 2.41. The molecule has 6 heterocycles. The van der Waals surface area contributed by atoms with Gasteiger partial charge in [0.1, 0.15) is 17.5 Å². The van der Waals surface area contributed by atoms with Crippen molar-refractivity contribution in [2.45, 2.75) is 57.7 Å². The van der Waals surface area contributed by atoms with Crippen LogP contribution in [-0.2, 0) is 26.2 Å². The Bertz CT molecular complexity index is 2830. The maximum atomic E-state index is 13.9. The molecule has 19 heteroatoms. The second-order valence-electron chi connectivity index (χ2n) is 17.3. The van der Waals surface area contributed by atoms with E-state index < -0.39 is 27.9 Å². The van der Waals surface area contributed by atoms with E-state index in [0.717, 1.165) is 67.3 Å². The van der Waals surface area contributed by atoms with Crippen LogP contribution in [0.5, 0.6) is 5.75 Å². The number of sulfonamides is 1. The number of carbonyl (C=O) groups is 5. The van der Waals surface area contributed by atoms with Gasteiger partial charge in [-0.25, -0.2) is 17.7 Å². The lowest BCUT2D eigenvalue weighted by atomic mass is 10.0. The number of aromatic nitrogens is 2. The van der Waals surface area contributed by atoms with Crippen LogP contribution >= 0.6 is 0 Å². The Morgan fingerprint density at radius 1 is 0.910 bits per heavy atom. The Hall–Kier alpha value is -6.88. The van der Waals surface area contributed by atoms with Crippen LogP contribution in [0.4, 0.5) is 28.8 Å². The zero-order valence-electron chi connectivity index (χ0n) is 37.7. The van der Waals surface area contributed by atoms with E-state index >= 15 is 0 Å². The Kier molecular flexibility index (Phi) is 12.7. The molecule has 3 aromatic carbocycles. The maximum Gasteiger partial charge on any atom is 0.260 e. The van der Waals surface area contributed by atoms with E-state index in [1.807, 2.05) is 24.0 Å². The minimum absolute atomic E-state index is 0.00820. The van der Waals surface area contributed by atoms with Crippen LogP contribution in [0.2, 0.25) is 0 Å². The van der Waals surface area contributed by atoms with E-state index in [4.69, 9.17) is 4.74 Å². The van der Waals surface area contributed by atoms with Gasteiger partial charge in [-0.1, -0.05) is 30.0 Å². The standard InChI is InChI=1S/C48H52N10O8S/c1-4-66-41-28-32(15-16-37(41)50-48-49-29-40-43(52-48)58(67(3,64)65)38-14-6-5-12-35(38)46(62)53(40)2)45(61)56-22-19-33(20-23-56)55-26-24-54(25-27-55)21-8-7-10-31-11-9-13-34-36(31)30-57(47(34)63)39-17-18-42(59)51-44(39)60/h5-6,9,11-16,28-29,33,39H,4,8,17-27,30H2,1-3H3,(H,49,50,52)(H,51,59,60). The molecule has 0 bridgehead atoms. The molecule has 0 radical (unpaired) electrons. The number of nitrogens with zero attached hydrogens (tertiary/aromatic N) is 8. The van der Waals surface area contributed by atoms with E-state index in [1.165, 1.54) is 11.1 Å². The van der Waals surface area contributed by atoms with Crippen molar-refractivity contribution in [1.29, 1.82) is 0 Å². The molecule has 348 valence electrons.